The number of aryl methyl sites for hydroxylation is 1. The van der Waals surface area contributed by atoms with E-state index in [1.54, 1.807) is 19.1 Å². The number of piperazine rings is 1. The fourth-order valence-corrected chi connectivity index (χ4v) is 2.12. The lowest BCUT2D eigenvalue weighted by Gasteiger charge is -2.33. The van der Waals surface area contributed by atoms with Crippen molar-refractivity contribution >= 4 is 23.5 Å². The van der Waals surface area contributed by atoms with Gasteiger partial charge in [0, 0.05) is 5.69 Å². The minimum absolute atomic E-state index is 0.109. The van der Waals surface area contributed by atoms with E-state index in [0.717, 1.165) is 5.56 Å². The molecule has 1 aromatic rings. The van der Waals surface area contributed by atoms with Gasteiger partial charge in [0.15, 0.2) is 0 Å². The lowest BCUT2D eigenvalue weighted by molar-refractivity contribution is -0.138. The van der Waals surface area contributed by atoms with Crippen LogP contribution in [0.3, 0.4) is 0 Å². The van der Waals surface area contributed by atoms with E-state index >= 15 is 0 Å². The minimum Gasteiger partial charge on any atom is -0.308 e. The van der Waals surface area contributed by atoms with Gasteiger partial charge in [0.25, 0.3) is 0 Å². The number of hydrogen-bond donors (Lipinski definition) is 2. The Morgan fingerprint density at radius 1 is 1.35 bits per heavy atom. The van der Waals surface area contributed by atoms with Gasteiger partial charge in [-0.3, -0.25) is 14.9 Å². The molecule has 1 heterocycles. The summed E-state index contributed by atoms with van der Waals surface area (Å²) in [6.07, 6.45) is 0.459. The van der Waals surface area contributed by atoms with Crippen LogP contribution in [0.2, 0.25) is 0 Å². The number of nitrogens with one attached hydrogen (secondary N) is 2. The molecule has 1 fully saturated rings. The van der Waals surface area contributed by atoms with Gasteiger partial charge in [-0.1, -0.05) is 24.6 Å². The summed E-state index contributed by atoms with van der Waals surface area (Å²) in [6, 6.07) is 6.25. The molecule has 2 rings (SSSR count). The highest BCUT2D eigenvalue weighted by Gasteiger charge is 2.35. The molecular formula is C14H17N3O3. The average molecular weight is 275 g/mol. The molecule has 0 bridgehead atoms. The second kappa shape index (κ2) is 5.73. The molecule has 1 aliphatic heterocycles. The van der Waals surface area contributed by atoms with Crippen LogP contribution in [0.15, 0.2) is 24.3 Å². The summed E-state index contributed by atoms with van der Waals surface area (Å²) >= 11 is 0. The maximum absolute atomic E-state index is 12.2. The fraction of sp³-hybridized carbons (Fsp3) is 0.357. The van der Waals surface area contributed by atoms with Crippen molar-refractivity contribution in [1.82, 2.24) is 10.2 Å². The molecule has 106 valence electrons. The summed E-state index contributed by atoms with van der Waals surface area (Å²) < 4.78 is 0. The van der Waals surface area contributed by atoms with Crippen molar-refractivity contribution in [3.8, 4) is 0 Å². The normalized spacial score (nSPS) is 18.7. The van der Waals surface area contributed by atoms with Crippen molar-refractivity contribution in [3.05, 3.63) is 29.8 Å². The molecule has 0 spiro atoms. The van der Waals surface area contributed by atoms with E-state index in [1.807, 2.05) is 19.1 Å². The topological polar surface area (TPSA) is 78.5 Å². The molecule has 20 heavy (non-hydrogen) atoms. The van der Waals surface area contributed by atoms with Crippen molar-refractivity contribution in [2.75, 3.05) is 11.9 Å². The second-order valence-electron chi connectivity index (χ2n) is 4.76. The van der Waals surface area contributed by atoms with Gasteiger partial charge in [-0.15, -0.1) is 0 Å². The van der Waals surface area contributed by atoms with E-state index in [-0.39, 0.29) is 6.54 Å². The molecular weight excluding hydrogens is 258 g/mol. The van der Waals surface area contributed by atoms with Crippen LogP contribution in [-0.4, -0.2) is 35.3 Å². The van der Waals surface area contributed by atoms with Crippen LogP contribution in [0.5, 0.6) is 0 Å². The van der Waals surface area contributed by atoms with E-state index in [0.29, 0.717) is 12.1 Å². The quantitative estimate of drug-likeness (QED) is 0.798. The minimum atomic E-state index is -0.613. The molecule has 0 aliphatic carbocycles. The molecule has 6 nitrogen and oxygen atoms in total. The summed E-state index contributed by atoms with van der Waals surface area (Å²) in [5, 5.41) is 4.94. The maximum Gasteiger partial charge on any atom is 0.323 e. The summed E-state index contributed by atoms with van der Waals surface area (Å²) in [7, 11) is 0. The number of urea groups is 1. The summed E-state index contributed by atoms with van der Waals surface area (Å²) in [4.78, 5) is 36.5. The lowest BCUT2D eigenvalue weighted by atomic mass is 10.1. The van der Waals surface area contributed by atoms with Crippen LogP contribution in [0.1, 0.15) is 18.9 Å². The van der Waals surface area contributed by atoms with Crippen molar-refractivity contribution in [3.63, 3.8) is 0 Å². The first-order valence-electron chi connectivity index (χ1n) is 6.49. The molecule has 0 saturated carbocycles. The average Bonchev–Trinajstić information content (AvgIpc) is 2.40. The zero-order valence-electron chi connectivity index (χ0n) is 11.5. The SMILES string of the molecule is CCC1C(=O)NC(=O)CN1C(=O)Nc1ccc(C)cc1. The van der Waals surface area contributed by atoms with Gasteiger partial charge in [-0.05, 0) is 25.5 Å². The number of benzene rings is 1. The predicted octanol–water partition coefficient (Wildman–Crippen LogP) is 1.26. The number of anilines is 1. The van der Waals surface area contributed by atoms with Gasteiger partial charge in [0.1, 0.15) is 12.6 Å². The van der Waals surface area contributed by atoms with Crippen molar-refractivity contribution in [2.45, 2.75) is 26.3 Å². The molecule has 1 aromatic carbocycles. The maximum atomic E-state index is 12.2. The number of carbonyl (C=O) groups is 3. The van der Waals surface area contributed by atoms with E-state index in [9.17, 15) is 14.4 Å². The third kappa shape index (κ3) is 2.96. The molecule has 1 saturated heterocycles. The zero-order chi connectivity index (χ0) is 14.7. The van der Waals surface area contributed by atoms with Crippen LogP contribution >= 0.6 is 0 Å². The Morgan fingerprint density at radius 3 is 2.60 bits per heavy atom. The number of nitrogens with zero attached hydrogens (tertiary/aromatic N) is 1. The summed E-state index contributed by atoms with van der Waals surface area (Å²) in [5.41, 5.74) is 1.72. The van der Waals surface area contributed by atoms with Crippen LogP contribution in [-0.2, 0) is 9.59 Å². The van der Waals surface area contributed by atoms with E-state index in [2.05, 4.69) is 10.6 Å². The predicted molar refractivity (Wildman–Crippen MR) is 74.1 cm³/mol. The van der Waals surface area contributed by atoms with Crippen LogP contribution in [0.4, 0.5) is 10.5 Å². The Hall–Kier alpha value is -2.37. The third-order valence-corrected chi connectivity index (χ3v) is 3.21. The molecule has 1 atom stereocenters. The second-order valence-corrected chi connectivity index (χ2v) is 4.76. The van der Waals surface area contributed by atoms with Gasteiger partial charge in [0.05, 0.1) is 0 Å². The van der Waals surface area contributed by atoms with Crippen LogP contribution in [0, 0.1) is 6.92 Å². The molecule has 6 heteroatoms. The number of amides is 4. The largest absolute Gasteiger partial charge is 0.323 e. The highest BCUT2D eigenvalue weighted by molar-refractivity contribution is 6.05. The first-order valence-corrected chi connectivity index (χ1v) is 6.49. The van der Waals surface area contributed by atoms with Crippen molar-refractivity contribution in [1.29, 1.82) is 0 Å². The number of carbonyl (C=O) groups excluding carboxylic acids is 3. The first-order chi connectivity index (χ1) is 9.51. The van der Waals surface area contributed by atoms with Gasteiger partial charge in [0.2, 0.25) is 11.8 Å². The third-order valence-electron chi connectivity index (χ3n) is 3.21. The summed E-state index contributed by atoms with van der Waals surface area (Å²) in [6.45, 7) is 3.64. The Labute approximate surface area is 117 Å². The number of rotatable bonds is 2. The van der Waals surface area contributed by atoms with Gasteiger partial charge in [-0.25, -0.2) is 4.79 Å². The standard InChI is InChI=1S/C14H17N3O3/c1-3-11-13(19)16-12(18)8-17(11)14(20)15-10-6-4-9(2)5-7-10/h4-7,11H,3,8H2,1-2H3,(H,15,20)(H,16,18,19). The van der Waals surface area contributed by atoms with Gasteiger partial charge < -0.3 is 10.2 Å². The van der Waals surface area contributed by atoms with Crippen molar-refractivity contribution < 1.29 is 14.4 Å². The van der Waals surface area contributed by atoms with E-state index in [1.165, 1.54) is 4.90 Å². The fourth-order valence-electron chi connectivity index (χ4n) is 2.12. The van der Waals surface area contributed by atoms with Gasteiger partial charge in [-0.2, -0.15) is 0 Å². The molecule has 1 aliphatic rings. The smallest absolute Gasteiger partial charge is 0.308 e. The molecule has 4 amide bonds. The zero-order valence-corrected chi connectivity index (χ0v) is 11.5. The number of hydrogen-bond acceptors (Lipinski definition) is 3. The highest BCUT2D eigenvalue weighted by atomic mass is 16.2. The van der Waals surface area contributed by atoms with E-state index in [4.69, 9.17) is 0 Å². The molecule has 0 aromatic heterocycles. The van der Waals surface area contributed by atoms with Gasteiger partial charge >= 0.3 is 6.03 Å². The van der Waals surface area contributed by atoms with Crippen molar-refractivity contribution in [2.24, 2.45) is 0 Å². The van der Waals surface area contributed by atoms with E-state index < -0.39 is 23.9 Å². The molecule has 2 N–H and O–H groups in total. The van der Waals surface area contributed by atoms with Crippen LogP contribution < -0.4 is 10.6 Å². The Bertz CT molecular complexity index is 539. The Balaban J connectivity index is 2.11. The molecule has 1 unspecified atom stereocenters. The monoisotopic (exact) mass is 275 g/mol. The molecule has 0 radical (unpaired) electrons. The lowest BCUT2D eigenvalue weighted by Crippen LogP contribution is -2.60. The highest BCUT2D eigenvalue weighted by Crippen LogP contribution is 2.14. The Kier molecular flexibility index (Phi) is 4.02. The first kappa shape index (κ1) is 14.0. The Morgan fingerprint density at radius 2 is 2.00 bits per heavy atom. The van der Waals surface area contributed by atoms with Crippen LogP contribution in [0.25, 0.3) is 0 Å². The summed E-state index contributed by atoms with van der Waals surface area (Å²) in [5.74, 6) is -0.887. The number of imide groups is 1.